The first kappa shape index (κ1) is 9.18. The van der Waals surface area contributed by atoms with Crippen LogP contribution >= 0.6 is 11.6 Å². The summed E-state index contributed by atoms with van der Waals surface area (Å²) < 4.78 is 0. The predicted molar refractivity (Wildman–Crippen MR) is 43.2 cm³/mol. The number of halogens is 1. The molecule has 0 saturated heterocycles. The summed E-state index contributed by atoms with van der Waals surface area (Å²) in [6, 6.07) is 9.44. The Balaban J connectivity index is 0.000000236. The molecule has 0 unspecified atom stereocenters. The average molecular weight is 157 g/mol. The van der Waals surface area contributed by atoms with Crippen LogP contribution in [0.2, 0.25) is 5.02 Å². The van der Waals surface area contributed by atoms with Crippen LogP contribution in [-0.2, 0) is 4.79 Å². The van der Waals surface area contributed by atoms with E-state index in [9.17, 15) is 0 Å². The summed E-state index contributed by atoms with van der Waals surface area (Å²) in [4.78, 5) is 8.81. The standard InChI is InChI=1S/C6H5Cl.C2H4O/c7-6-4-2-1-3-5-6;1-2-3/h1-5H;2H,1H3. The maximum atomic E-state index is 8.81. The molecule has 0 heterocycles. The first-order valence-corrected chi connectivity index (χ1v) is 3.29. The van der Waals surface area contributed by atoms with Crippen molar-refractivity contribution in [3.8, 4) is 0 Å². The molecule has 0 aliphatic rings. The second-order valence-corrected chi connectivity index (χ2v) is 1.97. The van der Waals surface area contributed by atoms with Crippen molar-refractivity contribution in [3.63, 3.8) is 0 Å². The predicted octanol–water partition coefficient (Wildman–Crippen LogP) is 2.55. The number of benzene rings is 1. The fourth-order valence-electron chi connectivity index (χ4n) is 0.415. The second-order valence-electron chi connectivity index (χ2n) is 1.53. The summed E-state index contributed by atoms with van der Waals surface area (Å²) in [5.74, 6) is 0. The van der Waals surface area contributed by atoms with Crippen LogP contribution in [0.5, 0.6) is 0 Å². The zero-order valence-corrected chi connectivity index (χ0v) is 6.51. The van der Waals surface area contributed by atoms with Crippen molar-refractivity contribution < 1.29 is 4.79 Å². The van der Waals surface area contributed by atoms with Crippen LogP contribution in [0.1, 0.15) is 6.92 Å². The van der Waals surface area contributed by atoms with Gasteiger partial charge < -0.3 is 4.79 Å². The molecule has 0 radical (unpaired) electrons. The van der Waals surface area contributed by atoms with E-state index in [4.69, 9.17) is 16.4 Å². The first-order chi connectivity index (χ1) is 4.81. The third-order valence-corrected chi connectivity index (χ3v) is 0.985. The Bertz CT molecular complexity index is 172. The highest BCUT2D eigenvalue weighted by Gasteiger charge is 1.74. The van der Waals surface area contributed by atoms with Gasteiger partial charge in [0.2, 0.25) is 0 Å². The summed E-state index contributed by atoms with van der Waals surface area (Å²) in [6.07, 6.45) is 0.750. The van der Waals surface area contributed by atoms with E-state index in [0.29, 0.717) is 0 Å². The van der Waals surface area contributed by atoms with E-state index in [1.165, 1.54) is 6.92 Å². The Morgan fingerprint density at radius 2 is 1.70 bits per heavy atom. The Labute approximate surface area is 65.6 Å². The molecule has 0 aromatic heterocycles. The minimum absolute atomic E-state index is 0.750. The van der Waals surface area contributed by atoms with Crippen molar-refractivity contribution in [2.75, 3.05) is 0 Å². The molecule has 0 saturated carbocycles. The average Bonchev–Trinajstić information content (AvgIpc) is 1.91. The lowest BCUT2D eigenvalue weighted by molar-refractivity contribution is -0.106. The van der Waals surface area contributed by atoms with Crippen molar-refractivity contribution >= 4 is 17.9 Å². The van der Waals surface area contributed by atoms with Crippen LogP contribution in [0.25, 0.3) is 0 Å². The molecule has 0 aliphatic carbocycles. The number of rotatable bonds is 0. The largest absolute Gasteiger partial charge is 0.304 e. The van der Waals surface area contributed by atoms with Gasteiger partial charge in [-0.2, -0.15) is 0 Å². The molecule has 1 aromatic rings. The summed E-state index contributed by atoms with van der Waals surface area (Å²) in [5, 5.41) is 0.794. The zero-order chi connectivity index (χ0) is 7.82. The fourth-order valence-corrected chi connectivity index (χ4v) is 0.560. The quantitative estimate of drug-likeness (QED) is 0.528. The number of hydrogen-bond acceptors (Lipinski definition) is 1. The maximum Gasteiger partial charge on any atom is 0.116 e. The van der Waals surface area contributed by atoms with Crippen molar-refractivity contribution in [3.05, 3.63) is 35.4 Å². The first-order valence-electron chi connectivity index (χ1n) is 2.91. The summed E-state index contributed by atoms with van der Waals surface area (Å²) in [5.41, 5.74) is 0. The Morgan fingerprint density at radius 3 is 1.90 bits per heavy atom. The van der Waals surface area contributed by atoms with Crippen LogP contribution < -0.4 is 0 Å². The normalized spacial score (nSPS) is 7.40. The molecule has 0 spiro atoms. The number of carbonyl (C=O) groups is 1. The fraction of sp³-hybridized carbons (Fsp3) is 0.125. The summed E-state index contributed by atoms with van der Waals surface area (Å²) in [6.45, 7) is 1.44. The molecule has 1 nitrogen and oxygen atoms in total. The van der Waals surface area contributed by atoms with Crippen LogP contribution in [0, 0.1) is 0 Å². The molecule has 1 aromatic carbocycles. The van der Waals surface area contributed by atoms with Gasteiger partial charge in [-0.05, 0) is 19.1 Å². The second kappa shape index (κ2) is 6.30. The van der Waals surface area contributed by atoms with Gasteiger partial charge in [-0.25, -0.2) is 0 Å². The SMILES string of the molecule is CC=O.Clc1ccccc1. The molecule has 0 atom stereocenters. The highest BCUT2D eigenvalue weighted by molar-refractivity contribution is 6.30. The number of carbonyl (C=O) groups excluding carboxylic acids is 1. The monoisotopic (exact) mass is 156 g/mol. The molecule has 10 heavy (non-hydrogen) atoms. The van der Waals surface area contributed by atoms with Crippen molar-refractivity contribution in [1.82, 2.24) is 0 Å². The van der Waals surface area contributed by atoms with E-state index in [0.717, 1.165) is 11.3 Å². The van der Waals surface area contributed by atoms with Gasteiger partial charge in [-0.15, -0.1) is 0 Å². The van der Waals surface area contributed by atoms with Gasteiger partial charge in [0.05, 0.1) is 0 Å². The lowest BCUT2D eigenvalue weighted by Gasteiger charge is -1.80. The highest BCUT2D eigenvalue weighted by Crippen LogP contribution is 2.03. The topological polar surface area (TPSA) is 17.1 Å². The molecular weight excluding hydrogens is 148 g/mol. The molecule has 0 bridgehead atoms. The zero-order valence-electron chi connectivity index (χ0n) is 5.75. The van der Waals surface area contributed by atoms with Crippen LogP contribution in [-0.4, -0.2) is 6.29 Å². The van der Waals surface area contributed by atoms with Gasteiger partial charge in [0.25, 0.3) is 0 Å². The van der Waals surface area contributed by atoms with E-state index in [-0.39, 0.29) is 0 Å². The number of aldehydes is 1. The summed E-state index contributed by atoms with van der Waals surface area (Å²) >= 11 is 5.54. The van der Waals surface area contributed by atoms with Crippen LogP contribution in [0.3, 0.4) is 0 Å². The third-order valence-electron chi connectivity index (χ3n) is 0.733. The van der Waals surface area contributed by atoms with Crippen molar-refractivity contribution in [2.24, 2.45) is 0 Å². The molecule has 2 heteroatoms. The minimum Gasteiger partial charge on any atom is -0.304 e. The van der Waals surface area contributed by atoms with Crippen LogP contribution in [0.15, 0.2) is 30.3 Å². The third kappa shape index (κ3) is 5.32. The van der Waals surface area contributed by atoms with E-state index < -0.39 is 0 Å². The minimum atomic E-state index is 0.750. The van der Waals surface area contributed by atoms with Gasteiger partial charge in [-0.3, -0.25) is 0 Å². The Kier molecular flexibility index (Phi) is 5.79. The molecular formula is C8H9ClO. The van der Waals surface area contributed by atoms with Crippen molar-refractivity contribution in [2.45, 2.75) is 6.92 Å². The lowest BCUT2D eigenvalue weighted by atomic mass is 10.4. The van der Waals surface area contributed by atoms with Gasteiger partial charge in [0.1, 0.15) is 6.29 Å². The van der Waals surface area contributed by atoms with Gasteiger partial charge in [0.15, 0.2) is 0 Å². The van der Waals surface area contributed by atoms with Gasteiger partial charge in [0, 0.05) is 5.02 Å². The molecule has 0 amide bonds. The van der Waals surface area contributed by atoms with Gasteiger partial charge >= 0.3 is 0 Å². The lowest BCUT2D eigenvalue weighted by Crippen LogP contribution is -1.55. The Morgan fingerprint density at radius 1 is 1.30 bits per heavy atom. The molecule has 0 N–H and O–H groups in total. The highest BCUT2D eigenvalue weighted by atomic mass is 35.5. The summed E-state index contributed by atoms with van der Waals surface area (Å²) in [7, 11) is 0. The van der Waals surface area contributed by atoms with Gasteiger partial charge in [-0.1, -0.05) is 29.8 Å². The van der Waals surface area contributed by atoms with E-state index >= 15 is 0 Å². The Hall–Kier alpha value is -0.820. The van der Waals surface area contributed by atoms with Crippen LogP contribution in [0.4, 0.5) is 0 Å². The van der Waals surface area contributed by atoms with E-state index in [2.05, 4.69) is 0 Å². The molecule has 0 fully saturated rings. The molecule has 54 valence electrons. The molecule has 1 rings (SSSR count). The number of hydrogen-bond donors (Lipinski definition) is 0. The molecule has 0 aliphatic heterocycles. The van der Waals surface area contributed by atoms with Crippen molar-refractivity contribution in [1.29, 1.82) is 0 Å². The smallest absolute Gasteiger partial charge is 0.116 e. The van der Waals surface area contributed by atoms with E-state index in [1.807, 2.05) is 30.3 Å². The van der Waals surface area contributed by atoms with E-state index in [1.54, 1.807) is 0 Å². The maximum absolute atomic E-state index is 8.81.